The van der Waals surface area contributed by atoms with Crippen LogP contribution >= 0.6 is 0 Å². The molecule has 0 aromatic rings. The Bertz CT molecular complexity index is 1790. The summed E-state index contributed by atoms with van der Waals surface area (Å²) in [4.78, 5) is 37.4. The number of aliphatic carboxylic acids is 1. The van der Waals surface area contributed by atoms with Gasteiger partial charge in [-0.3, -0.25) is 9.59 Å². The fourth-order valence-electron chi connectivity index (χ4n) is 8.48. The zero-order chi connectivity index (χ0) is 59.1. The van der Waals surface area contributed by atoms with E-state index < -0.39 is 24.3 Å². The summed E-state index contributed by atoms with van der Waals surface area (Å²) in [6.45, 7) is 4.60. The van der Waals surface area contributed by atoms with Gasteiger partial charge in [-0.15, -0.1) is 0 Å². The van der Waals surface area contributed by atoms with Crippen molar-refractivity contribution in [2.24, 2.45) is 0 Å². The van der Waals surface area contributed by atoms with Crippen molar-refractivity contribution in [3.63, 3.8) is 0 Å². The molecule has 0 bridgehead atoms. The molecule has 0 heterocycles. The van der Waals surface area contributed by atoms with E-state index in [1.807, 2.05) is 21.1 Å². The van der Waals surface area contributed by atoms with Crippen LogP contribution in [0.15, 0.2) is 134 Å². The van der Waals surface area contributed by atoms with Crippen LogP contribution in [0.2, 0.25) is 0 Å². The Hall–Kier alpha value is -4.57. The van der Waals surface area contributed by atoms with Gasteiger partial charge in [-0.05, 0) is 96.3 Å². The van der Waals surface area contributed by atoms with Gasteiger partial charge in [-0.25, -0.2) is 0 Å². The molecule has 81 heavy (non-hydrogen) atoms. The maximum absolute atomic E-state index is 12.9. The molecule has 9 heteroatoms. The molecule has 9 nitrogen and oxygen atoms in total. The summed E-state index contributed by atoms with van der Waals surface area (Å²) in [5, 5.41) is 11.8. The predicted octanol–water partition coefficient (Wildman–Crippen LogP) is 18.5. The number of carbonyl (C=O) groups is 3. The number of esters is 2. The number of rotatable bonds is 58. The van der Waals surface area contributed by atoms with Gasteiger partial charge in [0.25, 0.3) is 0 Å². The molecule has 2 atom stereocenters. The van der Waals surface area contributed by atoms with E-state index in [4.69, 9.17) is 18.9 Å². The van der Waals surface area contributed by atoms with Crippen molar-refractivity contribution in [2.75, 3.05) is 47.5 Å². The minimum absolute atomic E-state index is 0.135. The standard InChI is InChI=1S/C72H119NO8/c1-6-8-10-12-14-16-18-20-22-24-26-27-28-29-30-31-32-33-34-35-36-37-38-39-40-41-42-43-45-47-49-51-53-55-57-59-61-63-70(75)81-68(67-80-72(71(76)77)78-65-64-73(3,4)5)66-79-69(74)62-60-58-56-54-52-50-48-46-44-25-23-21-19-17-15-13-11-9-7-2/h8,10,14,16,20,22,26-27,29-30,32-33,35-36,38-39,41-42,45,47,51,53,68,72H,6-7,9,11-13,15,17-19,21,23-25,28,31,34,37,40,43-44,46,48-50,52,54-67H2,1-5H3/b10-8-,16-14-,22-20-,27-26-,30-29-,33-32-,36-35-,39-38-,42-41-,47-45-,53-51-. The van der Waals surface area contributed by atoms with Crippen LogP contribution in [0.5, 0.6) is 0 Å². The van der Waals surface area contributed by atoms with Gasteiger partial charge in [-0.2, -0.15) is 0 Å². The first-order valence-electron chi connectivity index (χ1n) is 32.3. The number of hydrogen-bond donors (Lipinski definition) is 0. The lowest BCUT2D eigenvalue weighted by atomic mass is 10.0. The van der Waals surface area contributed by atoms with Gasteiger partial charge in [0, 0.05) is 12.8 Å². The summed E-state index contributed by atoms with van der Waals surface area (Å²) in [6, 6.07) is 0. The minimum atomic E-state index is -1.64. The van der Waals surface area contributed by atoms with Crippen molar-refractivity contribution in [3.8, 4) is 0 Å². The molecule has 0 aliphatic heterocycles. The summed E-state index contributed by atoms with van der Waals surface area (Å²) in [6.07, 6.45) is 85.2. The maximum Gasteiger partial charge on any atom is 0.306 e. The summed E-state index contributed by atoms with van der Waals surface area (Å²) in [7, 11) is 5.91. The van der Waals surface area contributed by atoms with Crippen molar-refractivity contribution < 1.29 is 42.9 Å². The summed E-state index contributed by atoms with van der Waals surface area (Å²) >= 11 is 0. The highest BCUT2D eigenvalue weighted by atomic mass is 16.7. The highest BCUT2D eigenvalue weighted by molar-refractivity contribution is 5.70. The lowest BCUT2D eigenvalue weighted by molar-refractivity contribution is -0.870. The monoisotopic (exact) mass is 1130 g/mol. The smallest absolute Gasteiger partial charge is 0.306 e. The third kappa shape index (κ3) is 62.9. The number of quaternary nitrogens is 1. The molecule has 0 aromatic carbocycles. The normalized spacial score (nSPS) is 13.6. The molecule has 0 aliphatic carbocycles. The van der Waals surface area contributed by atoms with E-state index in [0.717, 1.165) is 109 Å². The van der Waals surface area contributed by atoms with Crippen LogP contribution in [0, 0.1) is 0 Å². The average Bonchev–Trinajstić information content (AvgIpc) is 3.44. The molecule has 0 saturated heterocycles. The predicted molar refractivity (Wildman–Crippen MR) is 343 cm³/mol. The van der Waals surface area contributed by atoms with Gasteiger partial charge in [0.2, 0.25) is 0 Å². The van der Waals surface area contributed by atoms with Gasteiger partial charge in [0.15, 0.2) is 12.4 Å². The van der Waals surface area contributed by atoms with Gasteiger partial charge in [0.05, 0.1) is 40.3 Å². The highest BCUT2D eigenvalue weighted by Gasteiger charge is 2.22. The summed E-state index contributed by atoms with van der Waals surface area (Å²) in [5.74, 6) is -2.33. The van der Waals surface area contributed by atoms with Crippen LogP contribution in [-0.2, 0) is 33.3 Å². The molecule has 0 rings (SSSR count). The van der Waals surface area contributed by atoms with Crippen molar-refractivity contribution in [3.05, 3.63) is 134 Å². The number of likely N-dealkylation sites (N-methyl/N-ethyl adjacent to an activating group) is 1. The third-order valence-electron chi connectivity index (χ3n) is 13.4. The first kappa shape index (κ1) is 76.4. The number of allylic oxidation sites excluding steroid dienone is 22. The second kappa shape index (κ2) is 61.5. The SMILES string of the molecule is CC/C=C\C/C=C\C/C=C\C/C=C\C/C=C\C/C=C\C/C=C\C/C=C\C/C=C\C/C=C\C/C=C\CCCCCC(=O)OC(COC(=O)CCCCCCCCCCCCCCCCCCCCC)COC(OCC[N+](C)(C)C)C(=O)[O-]. The van der Waals surface area contributed by atoms with E-state index in [1.54, 1.807) is 0 Å². The Morgan fingerprint density at radius 3 is 1.05 bits per heavy atom. The highest BCUT2D eigenvalue weighted by Crippen LogP contribution is 2.16. The second-order valence-electron chi connectivity index (χ2n) is 22.3. The van der Waals surface area contributed by atoms with Crippen LogP contribution in [-0.4, -0.2) is 82.3 Å². The Kier molecular flexibility index (Phi) is 58.0. The number of nitrogens with zero attached hydrogens (tertiary/aromatic N) is 1. The fourth-order valence-corrected chi connectivity index (χ4v) is 8.48. The summed E-state index contributed by atoms with van der Waals surface area (Å²) < 4.78 is 22.7. The molecule has 0 saturated carbocycles. The van der Waals surface area contributed by atoms with E-state index in [1.165, 1.54) is 103 Å². The molecule has 0 spiro atoms. The topological polar surface area (TPSA) is 111 Å². The van der Waals surface area contributed by atoms with E-state index in [9.17, 15) is 19.5 Å². The van der Waals surface area contributed by atoms with Crippen LogP contribution in [0.3, 0.4) is 0 Å². The Balaban J connectivity index is 4.28. The molecule has 0 N–H and O–H groups in total. The molecule has 0 radical (unpaired) electrons. The van der Waals surface area contributed by atoms with Crippen LogP contribution in [0.25, 0.3) is 0 Å². The molecule has 0 aromatic heterocycles. The lowest BCUT2D eigenvalue weighted by Crippen LogP contribution is -2.44. The lowest BCUT2D eigenvalue weighted by Gasteiger charge is -2.26. The van der Waals surface area contributed by atoms with Crippen molar-refractivity contribution in [1.29, 1.82) is 0 Å². The molecule has 0 aliphatic rings. The maximum atomic E-state index is 12.9. The number of carboxylic acid groups (broad SMARTS) is 1. The van der Waals surface area contributed by atoms with E-state index >= 15 is 0 Å². The Labute approximate surface area is 497 Å². The number of carbonyl (C=O) groups excluding carboxylic acids is 3. The van der Waals surface area contributed by atoms with Gasteiger partial charge >= 0.3 is 11.9 Å². The van der Waals surface area contributed by atoms with Crippen LogP contribution in [0.4, 0.5) is 0 Å². The molecule has 460 valence electrons. The molecular formula is C72H119NO8. The number of unbranched alkanes of at least 4 members (excludes halogenated alkanes) is 21. The Morgan fingerprint density at radius 1 is 0.383 bits per heavy atom. The minimum Gasteiger partial charge on any atom is -0.545 e. The van der Waals surface area contributed by atoms with Crippen molar-refractivity contribution >= 4 is 17.9 Å². The van der Waals surface area contributed by atoms with Gasteiger partial charge in [0.1, 0.15) is 13.2 Å². The largest absolute Gasteiger partial charge is 0.545 e. The van der Waals surface area contributed by atoms with Crippen LogP contribution < -0.4 is 5.11 Å². The second-order valence-corrected chi connectivity index (χ2v) is 22.3. The number of hydrogen-bond acceptors (Lipinski definition) is 8. The van der Waals surface area contributed by atoms with E-state index in [-0.39, 0.29) is 38.6 Å². The number of carboxylic acids is 1. The molecular weight excluding hydrogens is 1010 g/mol. The molecule has 0 fully saturated rings. The van der Waals surface area contributed by atoms with E-state index in [2.05, 4.69) is 148 Å². The van der Waals surface area contributed by atoms with Gasteiger partial charge in [-0.1, -0.05) is 270 Å². The first-order chi connectivity index (χ1) is 39.6. The summed E-state index contributed by atoms with van der Waals surface area (Å²) in [5.41, 5.74) is 0. The quantitative estimate of drug-likeness (QED) is 0.0195. The van der Waals surface area contributed by atoms with Crippen molar-refractivity contribution in [2.45, 2.75) is 257 Å². The zero-order valence-corrected chi connectivity index (χ0v) is 52.4. The van der Waals surface area contributed by atoms with Gasteiger partial charge < -0.3 is 33.3 Å². The fraction of sp³-hybridized carbons (Fsp3) is 0.653. The first-order valence-corrected chi connectivity index (χ1v) is 32.3. The molecule has 2 unspecified atom stereocenters. The van der Waals surface area contributed by atoms with Crippen molar-refractivity contribution in [1.82, 2.24) is 0 Å². The third-order valence-corrected chi connectivity index (χ3v) is 13.4. The average molecular weight is 1130 g/mol. The molecule has 0 amide bonds. The van der Waals surface area contributed by atoms with Crippen LogP contribution in [0.1, 0.15) is 245 Å². The Morgan fingerprint density at radius 2 is 0.704 bits per heavy atom. The van der Waals surface area contributed by atoms with E-state index in [0.29, 0.717) is 17.4 Å². The zero-order valence-electron chi connectivity index (χ0n) is 52.4. The number of ether oxygens (including phenoxy) is 4.